The van der Waals surface area contributed by atoms with E-state index in [0.29, 0.717) is 12.3 Å². The molecule has 0 bridgehead atoms. The summed E-state index contributed by atoms with van der Waals surface area (Å²) >= 11 is 5.31. The van der Waals surface area contributed by atoms with Crippen molar-refractivity contribution in [3.63, 3.8) is 0 Å². The average Bonchev–Trinajstić information content (AvgIpc) is 1.69. The first-order valence-electron chi connectivity index (χ1n) is 2.53. The molecular weight excluding hydrogens is 139 g/mol. The zero-order valence-electron chi connectivity index (χ0n) is 4.29. The predicted octanol–water partition coefficient (Wildman–Crippen LogP) is 1.45. The summed E-state index contributed by atoms with van der Waals surface area (Å²) in [6.07, 6.45) is 2.55. The molecular formula is C5H12ClFMg. The van der Waals surface area contributed by atoms with Crippen LogP contribution in [0.1, 0.15) is 19.3 Å². The lowest BCUT2D eigenvalue weighted by atomic mass is 10.3. The summed E-state index contributed by atoms with van der Waals surface area (Å²) in [6, 6.07) is 0. The average molecular weight is 151 g/mol. The molecule has 0 aliphatic rings. The van der Waals surface area contributed by atoms with E-state index in [1.54, 1.807) is 0 Å². The first kappa shape index (κ1) is 11.7. The summed E-state index contributed by atoms with van der Waals surface area (Å²) in [5.41, 5.74) is 0. The quantitative estimate of drug-likeness (QED) is 0.324. The van der Waals surface area contributed by atoms with E-state index in [1.807, 2.05) is 0 Å². The molecule has 0 nitrogen and oxygen atoms in total. The number of hydrogen-bond donors (Lipinski definition) is 0. The fraction of sp³-hybridized carbons (Fsp3) is 1.00. The van der Waals surface area contributed by atoms with Crippen molar-refractivity contribution in [1.29, 1.82) is 0 Å². The van der Waals surface area contributed by atoms with E-state index in [-0.39, 0.29) is 29.7 Å². The van der Waals surface area contributed by atoms with E-state index in [2.05, 4.69) is 0 Å². The Morgan fingerprint density at radius 1 is 1.12 bits per heavy atom. The molecule has 0 saturated carbocycles. The topological polar surface area (TPSA) is 0 Å². The highest BCUT2D eigenvalue weighted by atomic mass is 35.5. The number of rotatable bonds is 4. The van der Waals surface area contributed by atoms with Crippen molar-refractivity contribution in [2.75, 3.05) is 12.6 Å². The minimum absolute atomic E-state index is 0. The number of unbranched alkanes of at least 4 members (excludes halogenated alkanes) is 2. The molecule has 0 fully saturated rings. The maximum Gasteiger partial charge on any atom is 0.316 e. The Labute approximate surface area is 70.9 Å². The second-order valence-electron chi connectivity index (χ2n) is 1.44. The van der Waals surface area contributed by atoms with Gasteiger partial charge in [-0.3, -0.25) is 4.39 Å². The van der Waals surface area contributed by atoms with E-state index in [9.17, 15) is 4.39 Å². The molecule has 0 heterocycles. The van der Waals surface area contributed by atoms with Crippen molar-refractivity contribution in [2.45, 2.75) is 19.3 Å². The lowest BCUT2D eigenvalue weighted by Crippen LogP contribution is -1.77. The summed E-state index contributed by atoms with van der Waals surface area (Å²) < 4.78 is 11.3. The Balaban J connectivity index is 0. The number of hydrogen-bond acceptors (Lipinski definition) is 0. The Bertz CT molecular complexity index is 31.6. The van der Waals surface area contributed by atoms with Crippen LogP contribution in [-0.4, -0.2) is 35.6 Å². The van der Waals surface area contributed by atoms with Gasteiger partial charge in [0, 0.05) is 5.88 Å². The van der Waals surface area contributed by atoms with Gasteiger partial charge in [-0.15, -0.1) is 11.6 Å². The Kier molecular flexibility index (Phi) is 16.0. The monoisotopic (exact) mass is 150 g/mol. The van der Waals surface area contributed by atoms with Crippen LogP contribution in [0.5, 0.6) is 0 Å². The van der Waals surface area contributed by atoms with Crippen molar-refractivity contribution < 1.29 is 4.39 Å². The minimum atomic E-state index is -0.198. The zero-order chi connectivity index (χ0) is 5.54. The van der Waals surface area contributed by atoms with Crippen LogP contribution in [-0.2, 0) is 0 Å². The third-order valence-electron chi connectivity index (χ3n) is 0.767. The van der Waals surface area contributed by atoms with Crippen molar-refractivity contribution >= 4 is 34.7 Å². The van der Waals surface area contributed by atoms with Gasteiger partial charge in [0.1, 0.15) is 0 Å². The summed E-state index contributed by atoms with van der Waals surface area (Å²) in [5.74, 6) is 0.667. The number of alkyl halides is 2. The Hall–Kier alpha value is 0.986. The molecule has 0 aromatic rings. The van der Waals surface area contributed by atoms with E-state index in [4.69, 9.17) is 11.6 Å². The summed E-state index contributed by atoms with van der Waals surface area (Å²) in [5, 5.41) is 0. The fourth-order valence-corrected chi connectivity index (χ4v) is 0.555. The second-order valence-corrected chi connectivity index (χ2v) is 1.82. The molecule has 0 saturated heterocycles. The van der Waals surface area contributed by atoms with Gasteiger partial charge < -0.3 is 0 Å². The minimum Gasteiger partial charge on any atom is -0.251 e. The van der Waals surface area contributed by atoms with Crippen LogP contribution in [0, 0.1) is 0 Å². The highest BCUT2D eigenvalue weighted by Crippen LogP contribution is 1.96. The Morgan fingerprint density at radius 2 is 1.75 bits per heavy atom. The fourth-order valence-electron chi connectivity index (χ4n) is 0.366. The maximum absolute atomic E-state index is 11.3. The summed E-state index contributed by atoms with van der Waals surface area (Å²) in [7, 11) is 0. The van der Waals surface area contributed by atoms with Gasteiger partial charge in [-0.2, -0.15) is 0 Å². The molecule has 0 aliphatic carbocycles. The highest BCUT2D eigenvalue weighted by molar-refractivity contribution is 6.17. The maximum atomic E-state index is 11.3. The standard InChI is InChI=1S/C5H10ClF.Mg.2H/c6-4-2-1-3-5-7;;;/h1-5H2;;;. The Morgan fingerprint density at radius 3 is 2.12 bits per heavy atom. The molecule has 0 unspecified atom stereocenters. The van der Waals surface area contributed by atoms with Gasteiger partial charge in [0.2, 0.25) is 0 Å². The SMILES string of the molecule is FCCCCCCl.[MgH2]. The molecule has 0 aromatic heterocycles. The first-order valence-corrected chi connectivity index (χ1v) is 3.07. The molecule has 0 N–H and O–H groups in total. The third kappa shape index (κ3) is 10.1. The zero-order valence-corrected chi connectivity index (χ0v) is 5.05. The van der Waals surface area contributed by atoms with Gasteiger partial charge >= 0.3 is 23.1 Å². The molecule has 0 rings (SSSR count). The molecule has 0 atom stereocenters. The molecule has 0 radical (unpaired) electrons. The van der Waals surface area contributed by atoms with Gasteiger partial charge in [-0.05, 0) is 19.3 Å². The second kappa shape index (κ2) is 10.9. The molecule has 0 amide bonds. The van der Waals surface area contributed by atoms with Crippen molar-refractivity contribution in [2.24, 2.45) is 0 Å². The molecule has 48 valence electrons. The molecule has 8 heavy (non-hydrogen) atoms. The predicted molar refractivity (Wildman–Crippen MR) is 39.1 cm³/mol. The summed E-state index contributed by atoms with van der Waals surface area (Å²) in [4.78, 5) is 0. The van der Waals surface area contributed by atoms with Crippen LogP contribution in [0.2, 0.25) is 0 Å². The molecule has 0 aliphatic heterocycles. The molecule has 0 aromatic carbocycles. The van der Waals surface area contributed by atoms with Gasteiger partial charge in [0.25, 0.3) is 0 Å². The van der Waals surface area contributed by atoms with Crippen LogP contribution < -0.4 is 0 Å². The first-order chi connectivity index (χ1) is 3.41. The molecule has 0 spiro atoms. The van der Waals surface area contributed by atoms with E-state index >= 15 is 0 Å². The van der Waals surface area contributed by atoms with Gasteiger partial charge in [0.15, 0.2) is 0 Å². The normalized spacial score (nSPS) is 8.25. The van der Waals surface area contributed by atoms with Crippen LogP contribution in [0.4, 0.5) is 4.39 Å². The van der Waals surface area contributed by atoms with Crippen molar-refractivity contribution in [1.82, 2.24) is 0 Å². The van der Waals surface area contributed by atoms with E-state index < -0.39 is 0 Å². The lowest BCUT2D eigenvalue weighted by Gasteiger charge is -1.87. The van der Waals surface area contributed by atoms with Crippen LogP contribution in [0.3, 0.4) is 0 Å². The largest absolute Gasteiger partial charge is 0.316 e. The lowest BCUT2D eigenvalue weighted by molar-refractivity contribution is 0.460. The van der Waals surface area contributed by atoms with E-state index in [1.165, 1.54) is 0 Å². The number of halogens is 2. The van der Waals surface area contributed by atoms with Crippen LogP contribution in [0.15, 0.2) is 0 Å². The smallest absolute Gasteiger partial charge is 0.251 e. The van der Waals surface area contributed by atoms with Crippen LogP contribution in [0.25, 0.3) is 0 Å². The summed E-state index contributed by atoms with van der Waals surface area (Å²) in [6.45, 7) is -0.198. The van der Waals surface area contributed by atoms with E-state index in [0.717, 1.165) is 12.8 Å². The molecule has 3 heteroatoms. The van der Waals surface area contributed by atoms with Gasteiger partial charge in [-0.1, -0.05) is 0 Å². The van der Waals surface area contributed by atoms with Crippen molar-refractivity contribution in [3.8, 4) is 0 Å². The highest BCUT2D eigenvalue weighted by Gasteiger charge is 1.83. The van der Waals surface area contributed by atoms with Gasteiger partial charge in [0.05, 0.1) is 6.67 Å². The van der Waals surface area contributed by atoms with Crippen LogP contribution >= 0.6 is 11.6 Å². The van der Waals surface area contributed by atoms with Gasteiger partial charge in [-0.25, -0.2) is 0 Å². The third-order valence-corrected chi connectivity index (χ3v) is 1.03. The van der Waals surface area contributed by atoms with Crippen molar-refractivity contribution in [3.05, 3.63) is 0 Å².